The summed E-state index contributed by atoms with van der Waals surface area (Å²) in [7, 11) is -8.22. The average molecular weight is 593 g/mol. The lowest BCUT2D eigenvalue weighted by molar-refractivity contribution is -0.137. The van der Waals surface area contributed by atoms with E-state index in [1.807, 2.05) is 0 Å². The highest BCUT2D eigenvalue weighted by atomic mass is 32.2. The molecular weight excluding hydrogens is 569 g/mol. The molecule has 0 aliphatic carbocycles. The van der Waals surface area contributed by atoms with Crippen LogP contribution in [0.25, 0.3) is 11.0 Å². The molecule has 4 aromatic rings. The fraction of sp³-hybridized carbons (Fsp3) is 0.222. The first-order chi connectivity index (χ1) is 18.9. The van der Waals surface area contributed by atoms with Crippen molar-refractivity contribution in [2.45, 2.75) is 46.5 Å². The first-order valence-electron chi connectivity index (χ1n) is 12.2. The average Bonchev–Trinajstić information content (AvgIpc) is 3.60. The quantitative estimate of drug-likeness (QED) is 0.331. The van der Waals surface area contributed by atoms with Crippen molar-refractivity contribution in [1.29, 1.82) is 0 Å². The van der Waals surface area contributed by atoms with Gasteiger partial charge in [-0.1, -0.05) is 30.3 Å². The monoisotopic (exact) mass is 592 g/mol. The first-order valence-corrected chi connectivity index (χ1v) is 15.1. The predicted octanol–water partition coefficient (Wildman–Crippen LogP) is 4.75. The van der Waals surface area contributed by atoms with E-state index in [2.05, 4.69) is 5.32 Å². The van der Waals surface area contributed by atoms with Gasteiger partial charge in [0.1, 0.15) is 11.6 Å². The van der Waals surface area contributed by atoms with Crippen LogP contribution < -0.4 is 5.32 Å². The van der Waals surface area contributed by atoms with Crippen molar-refractivity contribution in [3.63, 3.8) is 0 Å². The normalized spacial score (nSPS) is 16.8. The van der Waals surface area contributed by atoms with Gasteiger partial charge in [-0.15, -0.1) is 0 Å². The number of sulfonamides is 1. The van der Waals surface area contributed by atoms with E-state index in [0.717, 1.165) is 16.4 Å². The van der Waals surface area contributed by atoms with Crippen LogP contribution in [0.15, 0.2) is 98.2 Å². The summed E-state index contributed by atoms with van der Waals surface area (Å²) in [5.41, 5.74) is -0.148. The number of rotatable bonds is 7. The van der Waals surface area contributed by atoms with Gasteiger partial charge in [0.25, 0.3) is 10.0 Å². The number of hydrogen-bond donors (Lipinski definition) is 1. The number of fused-ring (bicyclic) bond motifs is 1. The van der Waals surface area contributed by atoms with Gasteiger partial charge in [-0.2, -0.15) is 17.5 Å². The van der Waals surface area contributed by atoms with E-state index in [0.29, 0.717) is 41.5 Å². The highest BCUT2D eigenvalue weighted by Gasteiger charge is 2.41. The number of amides is 1. The number of para-hydroxylation sites is 1. The Bertz CT molecular complexity index is 1750. The van der Waals surface area contributed by atoms with E-state index < -0.39 is 43.5 Å². The summed E-state index contributed by atoms with van der Waals surface area (Å²) in [6, 6.07) is 16.1. The molecule has 3 aromatic carbocycles. The Morgan fingerprint density at radius 3 is 2.35 bits per heavy atom. The van der Waals surface area contributed by atoms with Crippen molar-refractivity contribution in [3.05, 3.63) is 90.0 Å². The summed E-state index contributed by atoms with van der Waals surface area (Å²) in [4.78, 5) is 12.6. The van der Waals surface area contributed by atoms with Crippen LogP contribution in [-0.4, -0.2) is 39.6 Å². The van der Waals surface area contributed by atoms with E-state index in [9.17, 15) is 34.8 Å². The summed E-state index contributed by atoms with van der Waals surface area (Å²) in [5.74, 6) is -0.548. The molecular formula is C27H23F3N2O6S2. The molecule has 1 fully saturated rings. The van der Waals surface area contributed by atoms with E-state index in [1.54, 1.807) is 30.3 Å². The van der Waals surface area contributed by atoms with Gasteiger partial charge >= 0.3 is 6.18 Å². The Hall–Kier alpha value is -3.68. The number of hydrogen-bond acceptors (Lipinski definition) is 6. The van der Waals surface area contributed by atoms with Crippen LogP contribution in [0.3, 0.4) is 0 Å². The topological polar surface area (TPSA) is 114 Å². The third-order valence-corrected chi connectivity index (χ3v) is 10.2. The fourth-order valence-corrected chi connectivity index (χ4v) is 7.52. The Labute approximate surface area is 228 Å². The zero-order valence-electron chi connectivity index (χ0n) is 20.8. The Kier molecular flexibility index (Phi) is 7.23. The van der Waals surface area contributed by atoms with Gasteiger partial charge < -0.3 is 9.73 Å². The van der Waals surface area contributed by atoms with Gasteiger partial charge in [-0.3, -0.25) is 4.79 Å². The molecule has 0 spiro atoms. The number of halogens is 3. The molecule has 5 rings (SSSR count). The molecule has 2 heterocycles. The number of nitrogens with one attached hydrogen (secondary N) is 1. The van der Waals surface area contributed by atoms with Gasteiger partial charge in [0, 0.05) is 24.5 Å². The van der Waals surface area contributed by atoms with Crippen LogP contribution in [0.2, 0.25) is 0 Å². The minimum atomic E-state index is -4.60. The van der Waals surface area contributed by atoms with Crippen molar-refractivity contribution in [2.75, 3.05) is 6.54 Å². The van der Waals surface area contributed by atoms with Crippen molar-refractivity contribution in [1.82, 2.24) is 9.62 Å². The zero-order valence-corrected chi connectivity index (χ0v) is 22.4. The van der Waals surface area contributed by atoms with E-state index in [4.69, 9.17) is 4.42 Å². The minimum absolute atomic E-state index is 0.0930. The Balaban J connectivity index is 1.29. The van der Waals surface area contributed by atoms with Crippen LogP contribution in [0.5, 0.6) is 0 Å². The number of sulfone groups is 1. The van der Waals surface area contributed by atoms with Crippen molar-refractivity contribution in [2.24, 2.45) is 0 Å². The van der Waals surface area contributed by atoms with Crippen LogP contribution in [0.1, 0.15) is 24.0 Å². The standard InChI is InChI=1S/C27H23F3N2O6S2/c28-27(29,30)20-10-12-21(13-11-20)39(34,35)22-7-3-5-18(15-22)17-31-26(33)23-8-4-14-32(23)40(36,37)25-16-19-6-1-2-9-24(19)38-25/h1-3,5-7,9-13,15-16,23H,4,8,14,17H2,(H,31,33)/t23-/m0/s1. The van der Waals surface area contributed by atoms with Gasteiger partial charge in [0.15, 0.2) is 0 Å². The SMILES string of the molecule is O=C(NCc1cccc(S(=O)(=O)c2ccc(C(F)(F)F)cc2)c1)[C@@H]1CCCN1S(=O)(=O)c1cc2ccccc2o1. The molecule has 8 nitrogen and oxygen atoms in total. The molecule has 0 saturated carbocycles. The van der Waals surface area contributed by atoms with Gasteiger partial charge in [0.05, 0.1) is 15.4 Å². The highest BCUT2D eigenvalue weighted by Crippen LogP contribution is 2.32. The number of carbonyl (C=O) groups excluding carboxylic acids is 1. The van der Waals surface area contributed by atoms with Crippen molar-refractivity contribution >= 4 is 36.7 Å². The molecule has 1 N–H and O–H groups in total. The third kappa shape index (κ3) is 5.36. The van der Waals surface area contributed by atoms with E-state index >= 15 is 0 Å². The van der Waals surface area contributed by atoms with Gasteiger partial charge in [-0.25, -0.2) is 16.8 Å². The van der Waals surface area contributed by atoms with E-state index in [-0.39, 0.29) is 28.0 Å². The maximum atomic E-state index is 13.3. The molecule has 0 unspecified atom stereocenters. The summed E-state index contributed by atoms with van der Waals surface area (Å²) in [6.45, 7) is 0.0442. The molecule has 1 saturated heterocycles. The van der Waals surface area contributed by atoms with Crippen LogP contribution in [0, 0.1) is 0 Å². The number of carbonyl (C=O) groups is 1. The van der Waals surface area contributed by atoms with Crippen molar-refractivity contribution < 1.29 is 39.2 Å². The largest absolute Gasteiger partial charge is 0.443 e. The maximum Gasteiger partial charge on any atom is 0.416 e. The lowest BCUT2D eigenvalue weighted by Crippen LogP contribution is -2.45. The third-order valence-electron chi connectivity index (χ3n) is 6.64. The second kappa shape index (κ2) is 10.4. The fourth-order valence-electron chi connectivity index (χ4n) is 4.58. The summed E-state index contributed by atoms with van der Waals surface area (Å²) in [6.07, 6.45) is -3.83. The molecule has 1 aliphatic heterocycles. The van der Waals surface area contributed by atoms with Crippen LogP contribution in [0.4, 0.5) is 13.2 Å². The number of alkyl halides is 3. The van der Waals surface area contributed by atoms with Crippen LogP contribution in [-0.2, 0) is 37.4 Å². The molecule has 0 radical (unpaired) electrons. The number of nitrogens with zero attached hydrogens (tertiary/aromatic N) is 1. The van der Waals surface area contributed by atoms with Crippen molar-refractivity contribution in [3.8, 4) is 0 Å². The maximum absolute atomic E-state index is 13.3. The molecule has 40 heavy (non-hydrogen) atoms. The lowest BCUT2D eigenvalue weighted by Gasteiger charge is -2.22. The number of furan rings is 1. The second-order valence-electron chi connectivity index (χ2n) is 9.27. The Morgan fingerprint density at radius 2 is 1.65 bits per heavy atom. The first kappa shape index (κ1) is 27.9. The lowest BCUT2D eigenvalue weighted by atomic mass is 10.2. The summed E-state index contributed by atoms with van der Waals surface area (Å²) in [5, 5.41) is 3.03. The van der Waals surface area contributed by atoms with Gasteiger partial charge in [0.2, 0.25) is 20.8 Å². The smallest absolute Gasteiger partial charge is 0.416 e. The molecule has 1 atom stereocenters. The molecule has 1 aromatic heterocycles. The molecule has 210 valence electrons. The molecule has 1 aliphatic rings. The highest BCUT2D eigenvalue weighted by molar-refractivity contribution is 7.91. The van der Waals surface area contributed by atoms with Crippen LogP contribution >= 0.6 is 0 Å². The molecule has 13 heteroatoms. The summed E-state index contributed by atoms with van der Waals surface area (Å²) >= 11 is 0. The Morgan fingerprint density at radius 1 is 0.925 bits per heavy atom. The number of benzene rings is 3. The molecule has 1 amide bonds. The molecule has 0 bridgehead atoms. The van der Waals surface area contributed by atoms with E-state index in [1.165, 1.54) is 24.3 Å². The minimum Gasteiger partial charge on any atom is -0.443 e. The second-order valence-corrected chi connectivity index (χ2v) is 13.0. The predicted molar refractivity (Wildman–Crippen MR) is 138 cm³/mol. The van der Waals surface area contributed by atoms with Gasteiger partial charge in [-0.05, 0) is 60.9 Å². The zero-order chi connectivity index (χ0) is 28.7. The summed E-state index contributed by atoms with van der Waals surface area (Å²) < 4.78 is 97.7.